The second-order valence-electron chi connectivity index (χ2n) is 6.81. The maximum absolute atomic E-state index is 12.8. The van der Waals surface area contributed by atoms with Crippen molar-refractivity contribution in [3.63, 3.8) is 0 Å². The SMILES string of the molecule is O=C(Nc1ccc(=O)n(Cc2ccccc2Cl)c1)N1CCCC1c1ccsc1. The normalized spacial score (nSPS) is 16.3. The first-order valence-corrected chi connectivity index (χ1v) is 10.5. The number of likely N-dealkylation sites (tertiary alicyclic amines) is 1. The number of hydrogen-bond donors (Lipinski definition) is 1. The van der Waals surface area contributed by atoms with Crippen molar-refractivity contribution < 1.29 is 4.79 Å². The van der Waals surface area contributed by atoms with Gasteiger partial charge >= 0.3 is 6.03 Å². The standard InChI is InChI=1S/C21H20ClN3O2S/c22-18-5-2-1-4-15(18)12-24-13-17(7-8-20(24)26)23-21(27)25-10-3-6-19(25)16-9-11-28-14-16/h1-2,4-5,7-9,11,13-14,19H,3,6,10,12H2,(H,23,27). The molecule has 2 aromatic heterocycles. The van der Waals surface area contributed by atoms with Crippen molar-refractivity contribution in [2.75, 3.05) is 11.9 Å². The van der Waals surface area contributed by atoms with E-state index < -0.39 is 0 Å². The molecule has 1 atom stereocenters. The van der Waals surface area contributed by atoms with E-state index in [2.05, 4.69) is 16.8 Å². The van der Waals surface area contributed by atoms with Crippen molar-refractivity contribution in [2.24, 2.45) is 0 Å². The lowest BCUT2D eigenvalue weighted by Gasteiger charge is -2.24. The van der Waals surface area contributed by atoms with Gasteiger partial charge < -0.3 is 14.8 Å². The Morgan fingerprint density at radius 3 is 2.86 bits per heavy atom. The van der Waals surface area contributed by atoms with Crippen LogP contribution in [0, 0.1) is 0 Å². The second-order valence-corrected chi connectivity index (χ2v) is 8.00. The molecule has 2 amide bonds. The highest BCUT2D eigenvalue weighted by molar-refractivity contribution is 7.08. The number of hydrogen-bond acceptors (Lipinski definition) is 3. The fraction of sp³-hybridized carbons (Fsp3) is 0.238. The van der Waals surface area contributed by atoms with Gasteiger partial charge in [0.1, 0.15) is 0 Å². The first-order chi connectivity index (χ1) is 13.6. The Bertz CT molecular complexity index is 1030. The summed E-state index contributed by atoms with van der Waals surface area (Å²) in [4.78, 5) is 26.9. The highest BCUT2D eigenvalue weighted by Crippen LogP contribution is 2.33. The summed E-state index contributed by atoms with van der Waals surface area (Å²) in [6, 6.07) is 12.6. The van der Waals surface area contributed by atoms with E-state index in [-0.39, 0.29) is 17.6 Å². The molecule has 28 heavy (non-hydrogen) atoms. The van der Waals surface area contributed by atoms with Gasteiger partial charge in [-0.15, -0.1) is 0 Å². The van der Waals surface area contributed by atoms with Crippen molar-refractivity contribution in [1.82, 2.24) is 9.47 Å². The summed E-state index contributed by atoms with van der Waals surface area (Å²) < 4.78 is 1.55. The molecular formula is C21H20ClN3O2S. The van der Waals surface area contributed by atoms with Crippen LogP contribution >= 0.6 is 22.9 Å². The maximum Gasteiger partial charge on any atom is 0.322 e. The molecule has 1 aliphatic rings. The monoisotopic (exact) mass is 413 g/mol. The number of thiophene rings is 1. The van der Waals surface area contributed by atoms with Crippen LogP contribution in [-0.4, -0.2) is 22.0 Å². The summed E-state index contributed by atoms with van der Waals surface area (Å²) in [6.07, 6.45) is 3.62. The molecule has 3 heterocycles. The molecule has 7 heteroatoms. The molecule has 1 aromatic carbocycles. The Balaban J connectivity index is 1.51. The highest BCUT2D eigenvalue weighted by atomic mass is 35.5. The van der Waals surface area contributed by atoms with Gasteiger partial charge in [0.15, 0.2) is 0 Å². The molecule has 1 fully saturated rings. The average molecular weight is 414 g/mol. The third-order valence-electron chi connectivity index (χ3n) is 4.97. The van der Waals surface area contributed by atoms with E-state index in [4.69, 9.17) is 11.6 Å². The molecule has 1 saturated heterocycles. The summed E-state index contributed by atoms with van der Waals surface area (Å²) in [5.74, 6) is 0. The van der Waals surface area contributed by atoms with E-state index >= 15 is 0 Å². The molecule has 144 valence electrons. The smallest absolute Gasteiger partial charge is 0.317 e. The fourth-order valence-corrected chi connectivity index (χ4v) is 4.46. The number of carbonyl (C=O) groups is 1. The predicted molar refractivity (Wildman–Crippen MR) is 113 cm³/mol. The third kappa shape index (κ3) is 3.98. The molecular weight excluding hydrogens is 394 g/mol. The molecule has 0 radical (unpaired) electrons. The lowest BCUT2D eigenvalue weighted by atomic mass is 10.1. The van der Waals surface area contributed by atoms with E-state index in [0.29, 0.717) is 17.3 Å². The van der Waals surface area contributed by atoms with Gasteiger partial charge in [0.05, 0.1) is 18.3 Å². The van der Waals surface area contributed by atoms with Crippen LogP contribution in [0.15, 0.2) is 64.2 Å². The molecule has 0 bridgehead atoms. The third-order valence-corrected chi connectivity index (χ3v) is 6.05. The molecule has 3 aromatic rings. The summed E-state index contributed by atoms with van der Waals surface area (Å²) in [6.45, 7) is 1.08. The first kappa shape index (κ1) is 18.8. The Morgan fingerprint density at radius 1 is 1.21 bits per heavy atom. The number of aromatic nitrogens is 1. The van der Waals surface area contributed by atoms with Crippen molar-refractivity contribution in [3.05, 3.63) is 85.9 Å². The number of rotatable bonds is 4. The number of nitrogens with zero attached hydrogens (tertiary/aromatic N) is 2. The molecule has 1 N–H and O–H groups in total. The first-order valence-electron chi connectivity index (χ1n) is 9.15. The lowest BCUT2D eigenvalue weighted by Crippen LogP contribution is -2.34. The number of urea groups is 1. The second kappa shape index (κ2) is 8.20. The number of nitrogens with one attached hydrogen (secondary N) is 1. The summed E-state index contributed by atoms with van der Waals surface area (Å²) in [5.41, 5.74) is 2.48. The molecule has 1 aliphatic heterocycles. The van der Waals surface area contributed by atoms with Crippen LogP contribution in [0.25, 0.3) is 0 Å². The van der Waals surface area contributed by atoms with Gasteiger partial charge in [-0.1, -0.05) is 29.8 Å². The van der Waals surface area contributed by atoms with Gasteiger partial charge in [-0.25, -0.2) is 4.79 Å². The molecule has 0 aliphatic carbocycles. The zero-order valence-corrected chi connectivity index (χ0v) is 16.7. The Kier molecular flexibility index (Phi) is 5.50. The molecule has 0 saturated carbocycles. The molecule has 0 spiro atoms. The van der Waals surface area contributed by atoms with E-state index in [0.717, 1.165) is 24.9 Å². The zero-order chi connectivity index (χ0) is 19.5. The lowest BCUT2D eigenvalue weighted by molar-refractivity contribution is 0.207. The minimum absolute atomic E-state index is 0.111. The van der Waals surface area contributed by atoms with E-state index in [1.807, 2.05) is 28.5 Å². The average Bonchev–Trinajstić information content (AvgIpc) is 3.37. The summed E-state index contributed by atoms with van der Waals surface area (Å²) in [5, 5.41) is 7.69. The maximum atomic E-state index is 12.8. The largest absolute Gasteiger partial charge is 0.322 e. The van der Waals surface area contributed by atoms with Gasteiger partial charge in [-0.05, 0) is 52.9 Å². The number of anilines is 1. The van der Waals surface area contributed by atoms with E-state index in [9.17, 15) is 9.59 Å². The Morgan fingerprint density at radius 2 is 2.07 bits per heavy atom. The number of benzene rings is 1. The van der Waals surface area contributed by atoms with Crippen LogP contribution in [0.4, 0.5) is 10.5 Å². The van der Waals surface area contributed by atoms with Crippen LogP contribution in [0.1, 0.15) is 30.0 Å². The van der Waals surface area contributed by atoms with Crippen molar-refractivity contribution >= 4 is 34.7 Å². The quantitative estimate of drug-likeness (QED) is 0.655. The number of amides is 2. The van der Waals surface area contributed by atoms with E-state index in [1.165, 1.54) is 11.6 Å². The van der Waals surface area contributed by atoms with E-state index in [1.54, 1.807) is 34.2 Å². The van der Waals surface area contributed by atoms with Gasteiger partial charge in [-0.3, -0.25) is 4.79 Å². The van der Waals surface area contributed by atoms with Gasteiger partial charge in [0.25, 0.3) is 5.56 Å². The van der Waals surface area contributed by atoms with Crippen molar-refractivity contribution in [3.8, 4) is 0 Å². The molecule has 5 nitrogen and oxygen atoms in total. The Labute approximate surface area is 172 Å². The van der Waals surface area contributed by atoms with Crippen LogP contribution in [0.3, 0.4) is 0 Å². The van der Waals surface area contributed by atoms with Crippen molar-refractivity contribution in [1.29, 1.82) is 0 Å². The minimum atomic E-state index is -0.143. The Hall–Kier alpha value is -2.57. The van der Waals surface area contributed by atoms with Crippen LogP contribution in [0.5, 0.6) is 0 Å². The number of pyridine rings is 1. The topological polar surface area (TPSA) is 54.3 Å². The van der Waals surface area contributed by atoms with Crippen LogP contribution in [0.2, 0.25) is 5.02 Å². The van der Waals surface area contributed by atoms with Gasteiger partial charge in [0.2, 0.25) is 0 Å². The van der Waals surface area contributed by atoms with Crippen LogP contribution in [-0.2, 0) is 6.54 Å². The summed E-state index contributed by atoms with van der Waals surface area (Å²) in [7, 11) is 0. The molecule has 1 unspecified atom stereocenters. The number of carbonyl (C=O) groups excluding carboxylic acids is 1. The molecule has 4 rings (SSSR count). The fourth-order valence-electron chi connectivity index (χ4n) is 3.56. The predicted octanol–water partition coefficient (Wildman–Crippen LogP) is 4.98. The van der Waals surface area contributed by atoms with Crippen LogP contribution < -0.4 is 10.9 Å². The van der Waals surface area contributed by atoms with Crippen molar-refractivity contribution in [2.45, 2.75) is 25.4 Å². The number of halogens is 1. The summed E-state index contributed by atoms with van der Waals surface area (Å²) >= 11 is 7.85. The minimum Gasteiger partial charge on any atom is -0.317 e. The van der Waals surface area contributed by atoms with Gasteiger partial charge in [-0.2, -0.15) is 11.3 Å². The van der Waals surface area contributed by atoms with Gasteiger partial charge in [0, 0.05) is 23.8 Å². The zero-order valence-electron chi connectivity index (χ0n) is 15.2. The highest BCUT2D eigenvalue weighted by Gasteiger charge is 2.30.